The van der Waals surface area contributed by atoms with Gasteiger partial charge in [-0.3, -0.25) is 9.11 Å². The van der Waals surface area contributed by atoms with Crippen LogP contribution in [-0.4, -0.2) is 36.4 Å². The molecule has 0 aromatic carbocycles. The number of fused-ring (bicyclic) bond motifs is 1. The first-order valence-corrected chi connectivity index (χ1v) is 8.02. The molecule has 0 aliphatic heterocycles. The number of hydrogen-bond acceptors (Lipinski definition) is 4. The molecule has 0 atom stereocenters. The predicted molar refractivity (Wildman–Crippen MR) is 68.7 cm³/mol. The highest BCUT2D eigenvalue weighted by Crippen LogP contribution is 2.35. The first kappa shape index (κ1) is 14.6. The van der Waals surface area contributed by atoms with Crippen LogP contribution in [-0.2, 0) is 20.2 Å². The van der Waals surface area contributed by atoms with Crippen molar-refractivity contribution in [3.63, 3.8) is 0 Å². The highest BCUT2D eigenvalue weighted by atomic mass is 32.2. The molecule has 106 valence electrons. The summed E-state index contributed by atoms with van der Waals surface area (Å²) in [6.07, 6.45) is 4.17. The van der Waals surface area contributed by atoms with Crippen molar-refractivity contribution < 1.29 is 30.7 Å². The molecule has 2 N–H and O–H groups in total. The molecule has 0 bridgehead atoms. The summed E-state index contributed by atoms with van der Waals surface area (Å²) in [4.78, 5) is 1.77. The van der Waals surface area contributed by atoms with E-state index >= 15 is 0 Å². The zero-order valence-electron chi connectivity index (χ0n) is 9.75. The van der Waals surface area contributed by atoms with E-state index in [1.165, 1.54) is 18.2 Å². The van der Waals surface area contributed by atoms with E-state index in [4.69, 9.17) is 14.6 Å². The van der Waals surface area contributed by atoms with E-state index in [1.54, 1.807) is 0 Å². The Balaban J connectivity index is 2.74. The van der Waals surface area contributed by atoms with Crippen molar-refractivity contribution in [1.29, 1.82) is 0 Å². The van der Waals surface area contributed by atoms with Crippen molar-refractivity contribution in [2.45, 2.75) is 6.42 Å². The van der Waals surface area contributed by atoms with E-state index in [2.05, 4.69) is 4.79 Å². The van der Waals surface area contributed by atoms with Crippen molar-refractivity contribution in [2.24, 2.45) is 0 Å². The van der Waals surface area contributed by atoms with Crippen molar-refractivity contribution in [3.05, 3.63) is 50.8 Å². The minimum atomic E-state index is -4.64. The van der Waals surface area contributed by atoms with Crippen LogP contribution in [0.15, 0.2) is 45.3 Å². The monoisotopic (exact) mass is 316 g/mol. The van der Waals surface area contributed by atoms with Gasteiger partial charge in [0.2, 0.25) is 0 Å². The Morgan fingerprint density at radius 2 is 1.70 bits per heavy atom. The fraction of sp³-hybridized carbons (Fsp3) is 0.100. The van der Waals surface area contributed by atoms with Crippen molar-refractivity contribution in [3.8, 4) is 0 Å². The molecular formula is C10H8N2O6S2. The zero-order valence-corrected chi connectivity index (χ0v) is 11.4. The summed E-state index contributed by atoms with van der Waals surface area (Å²) in [7, 11) is -9.25. The van der Waals surface area contributed by atoms with Crippen LogP contribution in [0.4, 0.5) is 0 Å². The lowest BCUT2D eigenvalue weighted by atomic mass is 9.93. The van der Waals surface area contributed by atoms with Crippen LogP contribution in [0.2, 0.25) is 0 Å². The van der Waals surface area contributed by atoms with Crippen LogP contribution in [0.5, 0.6) is 0 Å². The molecule has 0 fully saturated rings. The van der Waals surface area contributed by atoms with E-state index in [0.29, 0.717) is 0 Å². The molecule has 2 aliphatic rings. The molecule has 20 heavy (non-hydrogen) atoms. The first-order chi connectivity index (χ1) is 9.13. The lowest BCUT2D eigenvalue weighted by Crippen LogP contribution is -2.16. The molecule has 2 aliphatic carbocycles. The van der Waals surface area contributed by atoms with Gasteiger partial charge in [-0.1, -0.05) is 0 Å². The molecule has 2 rings (SSSR count). The topological polar surface area (TPSA) is 145 Å². The molecule has 0 radical (unpaired) electrons. The normalized spacial score (nSPS) is 19.2. The van der Waals surface area contributed by atoms with Gasteiger partial charge in [0.05, 0.1) is 9.81 Å². The van der Waals surface area contributed by atoms with E-state index in [0.717, 1.165) is 6.08 Å². The van der Waals surface area contributed by atoms with Gasteiger partial charge in [0, 0.05) is 18.6 Å². The molecule has 0 saturated heterocycles. The molecule has 0 aromatic rings. The van der Waals surface area contributed by atoms with E-state index in [-0.39, 0.29) is 16.9 Å². The maximum absolute atomic E-state index is 11.3. The van der Waals surface area contributed by atoms with Crippen LogP contribution in [0.1, 0.15) is 6.42 Å². The van der Waals surface area contributed by atoms with Gasteiger partial charge in [0.15, 0.2) is 0 Å². The Labute approximate surface area is 114 Å². The van der Waals surface area contributed by atoms with E-state index in [1.807, 2.05) is 0 Å². The average Bonchev–Trinajstić information content (AvgIpc) is 2.34. The summed E-state index contributed by atoms with van der Waals surface area (Å²) < 4.78 is 63.1. The molecule has 8 nitrogen and oxygen atoms in total. The van der Waals surface area contributed by atoms with Gasteiger partial charge >= 0.3 is 5.71 Å². The van der Waals surface area contributed by atoms with Crippen molar-refractivity contribution in [1.82, 2.24) is 0 Å². The number of allylic oxidation sites excluding steroid dienone is 8. The van der Waals surface area contributed by atoms with Gasteiger partial charge < -0.3 is 5.53 Å². The Morgan fingerprint density at radius 3 is 2.20 bits per heavy atom. The fourth-order valence-corrected chi connectivity index (χ4v) is 3.36. The molecule has 0 unspecified atom stereocenters. The molecule has 10 heteroatoms. The third-order valence-electron chi connectivity index (χ3n) is 2.75. The Hall–Kier alpha value is -1.84. The Bertz CT molecular complexity index is 865. The maximum atomic E-state index is 11.3. The van der Waals surface area contributed by atoms with Crippen LogP contribution in [0.25, 0.3) is 5.53 Å². The highest BCUT2D eigenvalue weighted by Gasteiger charge is 2.31. The number of rotatable bonds is 2. The molecule has 0 saturated carbocycles. The van der Waals surface area contributed by atoms with E-state index < -0.39 is 36.5 Å². The quantitative estimate of drug-likeness (QED) is 0.430. The van der Waals surface area contributed by atoms with Crippen LogP contribution in [0.3, 0.4) is 0 Å². The second-order valence-electron chi connectivity index (χ2n) is 4.03. The summed E-state index contributed by atoms with van der Waals surface area (Å²) in [5.41, 5.74) is 8.88. The highest BCUT2D eigenvalue weighted by molar-refractivity contribution is 7.91. The molecule has 0 spiro atoms. The Kier molecular flexibility index (Phi) is 3.36. The number of nitrogens with zero attached hydrogens (tertiary/aromatic N) is 2. The second-order valence-corrected chi connectivity index (χ2v) is 6.95. The summed E-state index contributed by atoms with van der Waals surface area (Å²) in [5.74, 6) is 0. The van der Waals surface area contributed by atoms with Gasteiger partial charge in [0.25, 0.3) is 20.2 Å². The van der Waals surface area contributed by atoms with Gasteiger partial charge in [-0.15, -0.1) is 0 Å². The van der Waals surface area contributed by atoms with Gasteiger partial charge in [-0.25, -0.2) is 0 Å². The smallest absolute Gasteiger partial charge is 0.316 e. The molecule has 0 amide bonds. The molecular weight excluding hydrogens is 308 g/mol. The minimum Gasteiger partial charge on any atom is -0.361 e. The van der Waals surface area contributed by atoms with Crippen molar-refractivity contribution >= 4 is 25.9 Å². The van der Waals surface area contributed by atoms with Crippen molar-refractivity contribution in [2.75, 3.05) is 0 Å². The lowest BCUT2D eigenvalue weighted by Gasteiger charge is -2.19. The second kappa shape index (κ2) is 4.62. The summed E-state index contributed by atoms with van der Waals surface area (Å²) in [5, 5.41) is 0. The Morgan fingerprint density at radius 1 is 1.05 bits per heavy atom. The molecule has 0 aromatic heterocycles. The standard InChI is InChI=1S/C10H8N2O6S2/c11-12-7-1-2-9-6(3-7)4-8(19(13,14)15)5-10(9)20(16,17)18/h1-4H,5H2,(H,13,14,15)(H,16,17,18). The van der Waals surface area contributed by atoms with Crippen LogP contribution in [0, 0.1) is 0 Å². The van der Waals surface area contributed by atoms with Gasteiger partial charge in [0.1, 0.15) is 0 Å². The van der Waals surface area contributed by atoms with Gasteiger partial charge in [-0.2, -0.15) is 21.6 Å². The third kappa shape index (κ3) is 2.69. The minimum absolute atomic E-state index is 0.0614. The van der Waals surface area contributed by atoms with E-state index in [9.17, 15) is 16.8 Å². The van der Waals surface area contributed by atoms with Gasteiger partial charge in [-0.05, 0) is 23.3 Å². The lowest BCUT2D eigenvalue weighted by molar-refractivity contribution is -0.00160. The third-order valence-corrected chi connectivity index (χ3v) is 4.66. The number of hydrogen-bond donors (Lipinski definition) is 2. The largest absolute Gasteiger partial charge is 0.361 e. The summed E-state index contributed by atoms with van der Waals surface area (Å²) in [6.45, 7) is 0. The van der Waals surface area contributed by atoms with Crippen LogP contribution < -0.4 is 0 Å². The predicted octanol–water partition coefficient (Wildman–Crippen LogP) is 0.471. The van der Waals surface area contributed by atoms with Crippen LogP contribution >= 0.6 is 0 Å². The fourth-order valence-electron chi connectivity index (χ4n) is 1.86. The molecule has 0 heterocycles. The maximum Gasteiger partial charge on any atom is 0.316 e. The average molecular weight is 316 g/mol. The SMILES string of the molecule is [N-]=[N+]=C1C=CC2=C(S(=O)(=O)O)CC(S(=O)(=O)O)=CC2=C1. The first-order valence-electron chi connectivity index (χ1n) is 5.14. The summed E-state index contributed by atoms with van der Waals surface area (Å²) in [6, 6.07) is 0. The summed E-state index contributed by atoms with van der Waals surface area (Å²) >= 11 is 0. The zero-order chi connectivity index (χ0) is 15.1.